The van der Waals surface area contributed by atoms with Gasteiger partial charge in [0.05, 0.1) is 8.65 Å². The van der Waals surface area contributed by atoms with Gasteiger partial charge in [-0.25, -0.2) is 0 Å². The van der Waals surface area contributed by atoms with E-state index in [1.165, 1.54) is 0 Å². The van der Waals surface area contributed by atoms with Crippen molar-refractivity contribution in [3.8, 4) is 0 Å². The molecule has 1 aromatic rings. The van der Waals surface area contributed by atoms with Gasteiger partial charge in [0, 0.05) is 10.2 Å². The summed E-state index contributed by atoms with van der Waals surface area (Å²) in [5.41, 5.74) is 0.442. The van der Waals surface area contributed by atoms with Gasteiger partial charge in [-0.15, -0.1) is 0 Å². The molecule has 1 unspecified atom stereocenters. The van der Waals surface area contributed by atoms with Crippen LogP contribution in [0.25, 0.3) is 0 Å². The number of hydrogen-bond donors (Lipinski definition) is 1. The predicted octanol–water partition coefficient (Wildman–Crippen LogP) is 4.28. The largest absolute Gasteiger partial charge is 0.326 e. The standard InChI is InChI=1S/C11H10Br3NO/c1-10(6-11(10,13)14)9(16)15-8-4-2-7(12)3-5-8/h2-5H,6H2,1H3,(H,15,16). The van der Waals surface area contributed by atoms with Crippen LogP contribution in [0.15, 0.2) is 28.7 Å². The van der Waals surface area contributed by atoms with Crippen LogP contribution < -0.4 is 5.32 Å². The Hall–Kier alpha value is 0.130. The molecule has 86 valence electrons. The van der Waals surface area contributed by atoms with Gasteiger partial charge in [-0.3, -0.25) is 4.79 Å². The predicted molar refractivity (Wildman–Crippen MR) is 76.1 cm³/mol. The monoisotopic (exact) mass is 409 g/mol. The van der Waals surface area contributed by atoms with Crippen molar-refractivity contribution in [2.24, 2.45) is 5.41 Å². The summed E-state index contributed by atoms with van der Waals surface area (Å²) in [4.78, 5) is 12.0. The van der Waals surface area contributed by atoms with Crippen molar-refractivity contribution in [1.82, 2.24) is 0 Å². The number of benzene rings is 1. The fraction of sp³-hybridized carbons (Fsp3) is 0.364. The lowest BCUT2D eigenvalue weighted by atomic mass is 10.1. The lowest BCUT2D eigenvalue weighted by Crippen LogP contribution is -2.25. The molecular formula is C11H10Br3NO. The summed E-state index contributed by atoms with van der Waals surface area (Å²) < 4.78 is 0.755. The number of carbonyl (C=O) groups excluding carboxylic acids is 1. The maximum Gasteiger partial charge on any atom is 0.232 e. The Morgan fingerprint density at radius 1 is 1.31 bits per heavy atom. The van der Waals surface area contributed by atoms with Crippen molar-refractivity contribution in [3.63, 3.8) is 0 Å². The summed E-state index contributed by atoms with van der Waals surface area (Å²) in [6.07, 6.45) is 0.794. The number of amides is 1. The van der Waals surface area contributed by atoms with Gasteiger partial charge in [-0.1, -0.05) is 47.8 Å². The first-order valence-electron chi connectivity index (χ1n) is 4.80. The zero-order valence-electron chi connectivity index (χ0n) is 8.56. The Bertz CT molecular complexity index is 429. The Morgan fingerprint density at radius 2 is 1.81 bits per heavy atom. The molecule has 1 N–H and O–H groups in total. The smallest absolute Gasteiger partial charge is 0.232 e. The average Bonchev–Trinajstić information content (AvgIpc) is 2.71. The normalized spacial score (nSPS) is 26.2. The van der Waals surface area contributed by atoms with E-state index in [0.29, 0.717) is 0 Å². The highest BCUT2D eigenvalue weighted by Gasteiger charge is 2.66. The van der Waals surface area contributed by atoms with E-state index in [-0.39, 0.29) is 14.6 Å². The quantitative estimate of drug-likeness (QED) is 0.723. The first kappa shape index (κ1) is 12.6. The van der Waals surface area contributed by atoms with Gasteiger partial charge in [0.1, 0.15) is 0 Å². The van der Waals surface area contributed by atoms with Crippen molar-refractivity contribution in [2.45, 2.75) is 16.6 Å². The van der Waals surface area contributed by atoms with E-state index in [2.05, 4.69) is 53.1 Å². The molecule has 16 heavy (non-hydrogen) atoms. The third-order valence-corrected chi connectivity index (χ3v) is 5.70. The van der Waals surface area contributed by atoms with E-state index >= 15 is 0 Å². The third-order valence-electron chi connectivity index (χ3n) is 2.86. The first-order chi connectivity index (χ1) is 7.35. The van der Waals surface area contributed by atoms with E-state index in [9.17, 15) is 4.79 Å². The number of nitrogens with one attached hydrogen (secondary N) is 1. The van der Waals surface area contributed by atoms with Crippen molar-refractivity contribution >= 4 is 59.4 Å². The molecular weight excluding hydrogens is 402 g/mol. The lowest BCUT2D eigenvalue weighted by molar-refractivity contribution is -0.120. The summed E-state index contributed by atoms with van der Waals surface area (Å²) in [5, 5.41) is 2.91. The van der Waals surface area contributed by atoms with Gasteiger partial charge in [0.25, 0.3) is 0 Å². The Balaban J connectivity index is 2.07. The number of rotatable bonds is 2. The third kappa shape index (κ3) is 2.22. The van der Waals surface area contributed by atoms with Crippen LogP contribution in [0.2, 0.25) is 0 Å². The van der Waals surface area contributed by atoms with Gasteiger partial charge in [0.2, 0.25) is 5.91 Å². The van der Waals surface area contributed by atoms with E-state index in [1.54, 1.807) is 0 Å². The highest BCUT2D eigenvalue weighted by molar-refractivity contribution is 9.25. The maximum atomic E-state index is 12.0. The van der Waals surface area contributed by atoms with Crippen LogP contribution in [-0.4, -0.2) is 9.14 Å². The maximum absolute atomic E-state index is 12.0. The van der Waals surface area contributed by atoms with E-state index in [4.69, 9.17) is 0 Å². The van der Waals surface area contributed by atoms with Crippen molar-refractivity contribution < 1.29 is 4.79 Å². The molecule has 1 aliphatic carbocycles. The first-order valence-corrected chi connectivity index (χ1v) is 7.18. The Morgan fingerprint density at radius 3 is 2.25 bits per heavy atom. The van der Waals surface area contributed by atoms with Crippen LogP contribution in [0.1, 0.15) is 13.3 Å². The Labute approximate surface area is 120 Å². The average molecular weight is 412 g/mol. The minimum Gasteiger partial charge on any atom is -0.326 e. The SMILES string of the molecule is CC1(C(=O)Nc2ccc(Br)cc2)CC1(Br)Br. The van der Waals surface area contributed by atoms with Crippen LogP contribution in [0.5, 0.6) is 0 Å². The molecule has 1 aliphatic rings. The highest BCUT2D eigenvalue weighted by atomic mass is 79.9. The molecule has 0 bridgehead atoms. The highest BCUT2D eigenvalue weighted by Crippen LogP contribution is 2.66. The lowest BCUT2D eigenvalue weighted by Gasteiger charge is -2.12. The number of halogens is 3. The van der Waals surface area contributed by atoms with E-state index in [0.717, 1.165) is 16.6 Å². The summed E-state index contributed by atoms with van der Waals surface area (Å²) in [5.74, 6) is 0.0311. The second-order valence-electron chi connectivity index (χ2n) is 4.17. The van der Waals surface area contributed by atoms with Crippen LogP contribution in [0, 0.1) is 5.41 Å². The van der Waals surface area contributed by atoms with Crippen LogP contribution in [0.3, 0.4) is 0 Å². The molecule has 0 radical (unpaired) electrons. The van der Waals surface area contributed by atoms with Gasteiger partial charge in [0.15, 0.2) is 0 Å². The Kier molecular flexibility index (Phi) is 3.23. The minimum atomic E-state index is -0.375. The molecule has 2 nitrogen and oxygen atoms in total. The number of carbonyl (C=O) groups is 1. The molecule has 1 amide bonds. The summed E-state index contributed by atoms with van der Waals surface area (Å²) in [6, 6.07) is 7.55. The second kappa shape index (κ2) is 4.10. The number of hydrogen-bond acceptors (Lipinski definition) is 1. The number of alkyl halides is 2. The molecule has 0 saturated heterocycles. The van der Waals surface area contributed by atoms with Crippen LogP contribution in [-0.2, 0) is 4.79 Å². The molecule has 1 saturated carbocycles. The summed E-state index contributed by atoms with van der Waals surface area (Å²) >= 11 is 10.3. The van der Waals surface area contributed by atoms with Crippen molar-refractivity contribution in [3.05, 3.63) is 28.7 Å². The zero-order valence-corrected chi connectivity index (χ0v) is 13.3. The second-order valence-corrected chi connectivity index (χ2v) is 8.86. The molecule has 1 atom stereocenters. The van der Waals surface area contributed by atoms with Gasteiger partial charge in [-0.05, 0) is 37.6 Å². The molecule has 0 aliphatic heterocycles. The molecule has 1 fully saturated rings. The minimum absolute atomic E-state index is 0.0311. The zero-order chi connectivity index (χ0) is 12.0. The molecule has 0 heterocycles. The molecule has 1 aromatic carbocycles. The van der Waals surface area contributed by atoms with Crippen LogP contribution >= 0.6 is 47.8 Å². The van der Waals surface area contributed by atoms with E-state index in [1.807, 2.05) is 31.2 Å². The van der Waals surface area contributed by atoms with Crippen molar-refractivity contribution in [1.29, 1.82) is 0 Å². The molecule has 0 spiro atoms. The molecule has 0 aromatic heterocycles. The van der Waals surface area contributed by atoms with Gasteiger partial charge >= 0.3 is 0 Å². The molecule has 5 heteroatoms. The van der Waals surface area contributed by atoms with Crippen molar-refractivity contribution in [2.75, 3.05) is 5.32 Å². The summed E-state index contributed by atoms with van der Waals surface area (Å²) in [6.45, 7) is 1.94. The van der Waals surface area contributed by atoms with Crippen LogP contribution in [0.4, 0.5) is 5.69 Å². The fourth-order valence-corrected chi connectivity index (χ4v) is 3.19. The topological polar surface area (TPSA) is 29.1 Å². The number of anilines is 1. The van der Waals surface area contributed by atoms with Gasteiger partial charge in [-0.2, -0.15) is 0 Å². The van der Waals surface area contributed by atoms with E-state index < -0.39 is 0 Å². The summed E-state index contributed by atoms with van der Waals surface area (Å²) in [7, 11) is 0. The van der Waals surface area contributed by atoms with Gasteiger partial charge < -0.3 is 5.32 Å². The molecule has 2 rings (SSSR count). The fourth-order valence-electron chi connectivity index (χ4n) is 1.45.